The first-order valence-corrected chi connectivity index (χ1v) is 5.97. The largest absolute Gasteiger partial charge is 0.327 e. The van der Waals surface area contributed by atoms with Gasteiger partial charge in [-0.15, -0.1) is 0 Å². The lowest BCUT2D eigenvalue weighted by molar-refractivity contribution is 0.300. The predicted molar refractivity (Wildman–Crippen MR) is 65.5 cm³/mol. The molecule has 3 heteroatoms. The van der Waals surface area contributed by atoms with Crippen LogP contribution in [0.5, 0.6) is 0 Å². The smallest absolute Gasteiger partial charge is 0.0211 e. The van der Waals surface area contributed by atoms with E-state index in [9.17, 15) is 0 Å². The van der Waals surface area contributed by atoms with Crippen molar-refractivity contribution < 1.29 is 0 Å². The first kappa shape index (κ1) is 12.0. The summed E-state index contributed by atoms with van der Waals surface area (Å²) in [6.45, 7) is 8.23. The maximum Gasteiger partial charge on any atom is 0.0211 e. The lowest BCUT2D eigenvalue weighted by atomic mass is 9.99. The summed E-state index contributed by atoms with van der Waals surface area (Å²) in [6.07, 6.45) is 3.22. The summed E-state index contributed by atoms with van der Waals surface area (Å²) in [4.78, 5) is 2.43. The van der Waals surface area contributed by atoms with Crippen molar-refractivity contribution >= 4 is 15.9 Å². The number of hydrogen-bond donors (Lipinski definition) is 1. The molecule has 0 aliphatic carbocycles. The highest BCUT2D eigenvalue weighted by Crippen LogP contribution is 2.27. The van der Waals surface area contributed by atoms with Crippen LogP contribution in [0.3, 0.4) is 0 Å². The van der Waals surface area contributed by atoms with Crippen LogP contribution < -0.4 is 5.73 Å². The fraction of sp³-hybridized carbons (Fsp3) is 0.636. The molecule has 1 heterocycles. The first-order chi connectivity index (χ1) is 6.72. The van der Waals surface area contributed by atoms with Gasteiger partial charge in [-0.3, -0.25) is 4.90 Å². The van der Waals surface area contributed by atoms with Crippen LogP contribution in [0, 0.1) is 0 Å². The summed E-state index contributed by atoms with van der Waals surface area (Å²) in [7, 11) is 0. The van der Waals surface area contributed by atoms with E-state index in [1.54, 1.807) is 0 Å². The molecule has 0 atom stereocenters. The predicted octanol–water partition coefficient (Wildman–Crippen LogP) is 2.27. The molecule has 1 rings (SSSR count). The van der Waals surface area contributed by atoms with Crippen LogP contribution in [0.2, 0.25) is 0 Å². The molecule has 0 saturated heterocycles. The molecule has 0 aromatic heterocycles. The molecule has 0 saturated carbocycles. The van der Waals surface area contributed by atoms with Crippen LogP contribution >= 0.6 is 15.9 Å². The second kappa shape index (κ2) is 5.69. The molecule has 1 aliphatic heterocycles. The second-order valence-corrected chi connectivity index (χ2v) is 4.40. The molecule has 2 nitrogen and oxygen atoms in total. The number of likely N-dealkylation sites (N-methyl/N-ethyl adjacent to an activating group) is 1. The van der Waals surface area contributed by atoms with E-state index in [-0.39, 0.29) is 0 Å². The lowest BCUT2D eigenvalue weighted by Crippen LogP contribution is -2.33. The summed E-state index contributed by atoms with van der Waals surface area (Å²) < 4.78 is 1.22. The van der Waals surface area contributed by atoms with Crippen LogP contribution in [0.25, 0.3) is 0 Å². The van der Waals surface area contributed by atoms with Crippen LogP contribution in [-0.4, -0.2) is 31.1 Å². The van der Waals surface area contributed by atoms with Gasteiger partial charge >= 0.3 is 0 Å². The van der Waals surface area contributed by atoms with E-state index in [1.165, 1.54) is 15.6 Å². The lowest BCUT2D eigenvalue weighted by Gasteiger charge is -2.29. The van der Waals surface area contributed by atoms with Crippen molar-refractivity contribution in [1.29, 1.82) is 0 Å². The number of nitrogens with two attached hydrogens (primary N) is 1. The van der Waals surface area contributed by atoms with Gasteiger partial charge in [0.1, 0.15) is 0 Å². The highest BCUT2D eigenvalue weighted by atomic mass is 79.9. The highest BCUT2D eigenvalue weighted by Gasteiger charge is 2.17. The van der Waals surface area contributed by atoms with Crippen molar-refractivity contribution in [2.24, 2.45) is 5.73 Å². The number of allylic oxidation sites excluding steroid dienone is 2. The summed E-state index contributed by atoms with van der Waals surface area (Å²) in [5.74, 6) is 0. The molecule has 1 aliphatic rings. The van der Waals surface area contributed by atoms with Crippen molar-refractivity contribution in [3.05, 3.63) is 21.7 Å². The highest BCUT2D eigenvalue weighted by molar-refractivity contribution is 9.12. The van der Waals surface area contributed by atoms with Gasteiger partial charge in [-0.25, -0.2) is 0 Å². The zero-order valence-electron chi connectivity index (χ0n) is 9.02. The molecule has 0 fully saturated rings. The van der Waals surface area contributed by atoms with Gasteiger partial charge in [0.25, 0.3) is 0 Å². The van der Waals surface area contributed by atoms with Crippen molar-refractivity contribution in [2.45, 2.75) is 20.3 Å². The molecule has 0 spiro atoms. The molecule has 0 aromatic carbocycles. The summed E-state index contributed by atoms with van der Waals surface area (Å²) in [5, 5.41) is 0. The molecular weight excluding hydrogens is 240 g/mol. The minimum atomic E-state index is 0.675. The maximum atomic E-state index is 5.77. The molecule has 0 unspecified atom stereocenters. The molecule has 0 aromatic rings. The monoisotopic (exact) mass is 258 g/mol. The average Bonchev–Trinajstić information content (AvgIpc) is 2.27. The van der Waals surface area contributed by atoms with Gasteiger partial charge in [0, 0.05) is 24.1 Å². The minimum absolute atomic E-state index is 0.675. The van der Waals surface area contributed by atoms with E-state index in [1.807, 2.05) is 0 Å². The van der Waals surface area contributed by atoms with Gasteiger partial charge in [-0.05, 0) is 31.0 Å². The third kappa shape index (κ3) is 2.69. The van der Waals surface area contributed by atoms with E-state index in [0.717, 1.165) is 26.1 Å². The third-order valence-electron chi connectivity index (χ3n) is 2.75. The molecule has 0 radical (unpaired) electrons. The quantitative estimate of drug-likeness (QED) is 0.842. The van der Waals surface area contributed by atoms with E-state index in [0.29, 0.717) is 6.54 Å². The SMILES string of the molecule is C/C=C(/Br)C1=C(CN)CN(CC)CC1. The zero-order valence-corrected chi connectivity index (χ0v) is 10.6. The van der Waals surface area contributed by atoms with Crippen LogP contribution in [0.15, 0.2) is 21.7 Å². The van der Waals surface area contributed by atoms with Gasteiger partial charge in [0.15, 0.2) is 0 Å². The Bertz CT molecular complexity index is 256. The van der Waals surface area contributed by atoms with Crippen LogP contribution in [-0.2, 0) is 0 Å². The Labute approximate surface area is 95.0 Å². The van der Waals surface area contributed by atoms with Crippen LogP contribution in [0.4, 0.5) is 0 Å². The number of nitrogens with zero attached hydrogens (tertiary/aromatic N) is 1. The van der Waals surface area contributed by atoms with Crippen molar-refractivity contribution in [1.82, 2.24) is 4.90 Å². The van der Waals surface area contributed by atoms with Gasteiger partial charge in [-0.1, -0.05) is 28.9 Å². The van der Waals surface area contributed by atoms with Crippen molar-refractivity contribution in [3.8, 4) is 0 Å². The fourth-order valence-corrected chi connectivity index (χ4v) is 2.29. The molecule has 0 bridgehead atoms. The van der Waals surface area contributed by atoms with Gasteiger partial charge in [-0.2, -0.15) is 0 Å². The summed E-state index contributed by atoms with van der Waals surface area (Å²) in [6, 6.07) is 0. The van der Waals surface area contributed by atoms with Crippen molar-refractivity contribution in [3.63, 3.8) is 0 Å². The fourth-order valence-electron chi connectivity index (χ4n) is 1.81. The van der Waals surface area contributed by atoms with E-state index >= 15 is 0 Å². The summed E-state index contributed by atoms with van der Waals surface area (Å²) >= 11 is 3.59. The maximum absolute atomic E-state index is 5.77. The van der Waals surface area contributed by atoms with Crippen molar-refractivity contribution in [2.75, 3.05) is 26.2 Å². The zero-order chi connectivity index (χ0) is 10.6. The Morgan fingerprint density at radius 3 is 2.86 bits per heavy atom. The Hall–Kier alpha value is -0.120. The van der Waals surface area contributed by atoms with E-state index in [2.05, 4.69) is 40.8 Å². The average molecular weight is 259 g/mol. The van der Waals surface area contributed by atoms with E-state index < -0.39 is 0 Å². The Morgan fingerprint density at radius 2 is 2.36 bits per heavy atom. The van der Waals surface area contributed by atoms with Gasteiger partial charge in [0.2, 0.25) is 0 Å². The third-order valence-corrected chi connectivity index (χ3v) is 3.69. The Morgan fingerprint density at radius 1 is 1.64 bits per heavy atom. The minimum Gasteiger partial charge on any atom is -0.327 e. The standard InChI is InChI=1S/C11H19BrN2/c1-3-11(12)10-5-6-14(4-2)8-9(10)7-13/h3H,4-8,13H2,1-2H3/b11-3+. The van der Waals surface area contributed by atoms with E-state index in [4.69, 9.17) is 5.73 Å². The molecule has 14 heavy (non-hydrogen) atoms. The van der Waals surface area contributed by atoms with Crippen LogP contribution in [0.1, 0.15) is 20.3 Å². The topological polar surface area (TPSA) is 29.3 Å². The normalized spacial score (nSPS) is 20.4. The Balaban J connectivity index is 2.85. The molecular formula is C11H19BrN2. The number of rotatable bonds is 3. The first-order valence-electron chi connectivity index (χ1n) is 5.18. The molecule has 80 valence electrons. The second-order valence-electron chi connectivity index (χ2n) is 3.54. The van der Waals surface area contributed by atoms with Gasteiger partial charge in [0.05, 0.1) is 0 Å². The molecule has 2 N–H and O–H groups in total. The Kier molecular flexibility index (Phi) is 4.85. The summed E-state index contributed by atoms with van der Waals surface area (Å²) in [5.41, 5.74) is 8.56. The molecule has 0 amide bonds. The van der Waals surface area contributed by atoms with Gasteiger partial charge < -0.3 is 5.73 Å². The number of hydrogen-bond acceptors (Lipinski definition) is 2. The number of halogens is 1.